The zero-order valence-corrected chi connectivity index (χ0v) is 12.2. The Hall–Kier alpha value is -1.06. The Labute approximate surface area is 111 Å². The van der Waals surface area contributed by atoms with Crippen LogP contribution in [0.15, 0.2) is 18.2 Å². The molecule has 1 heterocycles. The molecule has 100 valence electrons. The van der Waals surface area contributed by atoms with Crippen LogP contribution in [-0.2, 0) is 6.54 Å². The van der Waals surface area contributed by atoms with Crippen molar-refractivity contribution in [2.45, 2.75) is 26.4 Å². The minimum atomic E-state index is 0.667. The Morgan fingerprint density at radius 1 is 1.28 bits per heavy atom. The van der Waals surface area contributed by atoms with E-state index in [1.807, 2.05) is 0 Å². The van der Waals surface area contributed by atoms with E-state index in [0.29, 0.717) is 6.04 Å². The maximum absolute atomic E-state index is 2.46. The summed E-state index contributed by atoms with van der Waals surface area (Å²) in [5, 5.41) is 2.46. The molecule has 18 heavy (non-hydrogen) atoms. The first kappa shape index (κ1) is 13.4. The number of nitrogens with zero attached hydrogens (tertiary/aromatic N) is 1. The summed E-state index contributed by atoms with van der Waals surface area (Å²) in [5.74, 6) is 0. The molecular formula is C15H27N3+2. The van der Waals surface area contributed by atoms with E-state index in [2.05, 4.69) is 56.4 Å². The molecule has 0 saturated carbocycles. The molecule has 0 aliphatic carbocycles. The molecule has 0 saturated heterocycles. The molecule has 1 aliphatic heterocycles. The monoisotopic (exact) mass is 249 g/mol. The van der Waals surface area contributed by atoms with Gasteiger partial charge in [0.15, 0.2) is 6.04 Å². The number of likely N-dealkylation sites (N-methyl/N-ethyl adjacent to an activating group) is 1. The highest BCUT2D eigenvalue weighted by Crippen LogP contribution is 2.22. The number of nitrogens with one attached hydrogen (secondary N) is 1. The predicted molar refractivity (Wildman–Crippen MR) is 76.1 cm³/mol. The summed E-state index contributed by atoms with van der Waals surface area (Å²) in [7, 11) is 4.22. The van der Waals surface area contributed by atoms with Gasteiger partial charge >= 0.3 is 0 Å². The average molecular weight is 249 g/mol. The van der Waals surface area contributed by atoms with Gasteiger partial charge < -0.3 is 15.1 Å². The van der Waals surface area contributed by atoms with Gasteiger partial charge in [-0.1, -0.05) is 6.07 Å². The molecule has 3 nitrogen and oxygen atoms in total. The van der Waals surface area contributed by atoms with Crippen LogP contribution < -0.4 is 15.1 Å². The lowest BCUT2D eigenvalue weighted by Crippen LogP contribution is -3.14. The van der Waals surface area contributed by atoms with Crippen LogP contribution >= 0.6 is 0 Å². The molecule has 1 aliphatic rings. The van der Waals surface area contributed by atoms with E-state index in [0.717, 1.165) is 6.54 Å². The van der Waals surface area contributed by atoms with Crippen molar-refractivity contribution in [3.05, 3.63) is 29.3 Å². The minimum absolute atomic E-state index is 0.667. The number of hydrogen-bond donors (Lipinski definition) is 2. The van der Waals surface area contributed by atoms with Crippen LogP contribution in [0.4, 0.5) is 5.69 Å². The molecule has 1 aromatic rings. The maximum Gasteiger partial charge on any atom is 0.163 e. The van der Waals surface area contributed by atoms with E-state index < -0.39 is 0 Å². The largest absolute Gasteiger partial charge is 0.378 e. The van der Waals surface area contributed by atoms with Crippen molar-refractivity contribution in [2.75, 3.05) is 38.6 Å². The number of anilines is 1. The standard InChI is InChI=1S/C15H25N3/c1-5-18(6-2)15-11-16-10-12-9-13(17(3)4)7-8-14(12)15/h7-9,15-16H,5-6,10-11H2,1-4H3/p+2/t15-/m0/s1. The molecule has 0 aromatic heterocycles. The third kappa shape index (κ3) is 2.52. The fraction of sp³-hybridized carbons (Fsp3) is 0.600. The van der Waals surface area contributed by atoms with Crippen LogP contribution in [0.5, 0.6) is 0 Å². The van der Waals surface area contributed by atoms with Gasteiger partial charge in [0, 0.05) is 30.9 Å². The van der Waals surface area contributed by atoms with Gasteiger partial charge in [0.2, 0.25) is 0 Å². The fourth-order valence-corrected chi connectivity index (χ4v) is 3.05. The zero-order chi connectivity index (χ0) is 13.1. The van der Waals surface area contributed by atoms with E-state index in [4.69, 9.17) is 0 Å². The molecule has 3 heteroatoms. The molecule has 0 unspecified atom stereocenters. The lowest BCUT2D eigenvalue weighted by atomic mass is 9.94. The maximum atomic E-state index is 2.46. The van der Waals surface area contributed by atoms with Gasteiger partial charge in [0.25, 0.3) is 0 Å². The van der Waals surface area contributed by atoms with E-state index >= 15 is 0 Å². The lowest BCUT2D eigenvalue weighted by Gasteiger charge is -2.30. The summed E-state index contributed by atoms with van der Waals surface area (Å²) in [4.78, 5) is 3.89. The zero-order valence-electron chi connectivity index (χ0n) is 12.2. The average Bonchev–Trinajstić information content (AvgIpc) is 2.39. The molecule has 0 fully saturated rings. The SMILES string of the molecule is CC[NH+](CC)[C@H]1C[NH2+]Cc2cc(N(C)C)ccc21. The highest BCUT2D eigenvalue weighted by molar-refractivity contribution is 5.50. The van der Waals surface area contributed by atoms with E-state index in [-0.39, 0.29) is 0 Å². The van der Waals surface area contributed by atoms with Crippen LogP contribution in [-0.4, -0.2) is 33.7 Å². The molecule has 1 aromatic carbocycles. The van der Waals surface area contributed by atoms with Gasteiger partial charge in [0.05, 0.1) is 13.1 Å². The predicted octanol–water partition coefficient (Wildman–Crippen LogP) is -0.205. The van der Waals surface area contributed by atoms with Crippen LogP contribution in [0.1, 0.15) is 31.0 Å². The van der Waals surface area contributed by atoms with Crippen molar-refractivity contribution in [1.82, 2.24) is 0 Å². The first-order valence-corrected chi connectivity index (χ1v) is 7.13. The first-order valence-electron chi connectivity index (χ1n) is 7.13. The van der Waals surface area contributed by atoms with Gasteiger partial charge in [-0.05, 0) is 26.0 Å². The van der Waals surface area contributed by atoms with Crippen molar-refractivity contribution in [1.29, 1.82) is 0 Å². The van der Waals surface area contributed by atoms with Crippen molar-refractivity contribution in [3.63, 3.8) is 0 Å². The molecule has 0 radical (unpaired) electrons. The molecule has 2 rings (SSSR count). The van der Waals surface area contributed by atoms with Crippen LogP contribution in [0, 0.1) is 0 Å². The number of hydrogen-bond acceptors (Lipinski definition) is 1. The van der Waals surface area contributed by atoms with Gasteiger partial charge in [-0.15, -0.1) is 0 Å². The highest BCUT2D eigenvalue weighted by Gasteiger charge is 2.29. The summed E-state index contributed by atoms with van der Waals surface area (Å²) in [6, 6.07) is 7.65. The van der Waals surface area contributed by atoms with Gasteiger partial charge in [-0.2, -0.15) is 0 Å². The molecule has 0 bridgehead atoms. The van der Waals surface area contributed by atoms with Gasteiger partial charge in [0.1, 0.15) is 13.1 Å². The van der Waals surface area contributed by atoms with Gasteiger partial charge in [-0.3, -0.25) is 0 Å². The third-order valence-corrected chi connectivity index (χ3v) is 4.19. The first-order chi connectivity index (χ1) is 8.67. The second-order valence-corrected chi connectivity index (χ2v) is 5.42. The fourth-order valence-electron chi connectivity index (χ4n) is 3.05. The Balaban J connectivity index is 2.32. The van der Waals surface area contributed by atoms with Crippen LogP contribution in [0.25, 0.3) is 0 Å². The smallest absolute Gasteiger partial charge is 0.163 e. The Kier molecular flexibility index (Phi) is 4.25. The van der Waals surface area contributed by atoms with Crippen molar-refractivity contribution in [3.8, 4) is 0 Å². The van der Waals surface area contributed by atoms with Gasteiger partial charge in [-0.25, -0.2) is 0 Å². The molecule has 0 amide bonds. The second-order valence-electron chi connectivity index (χ2n) is 5.42. The lowest BCUT2D eigenvalue weighted by molar-refractivity contribution is -0.945. The Morgan fingerprint density at radius 3 is 2.61 bits per heavy atom. The van der Waals surface area contributed by atoms with E-state index in [1.54, 1.807) is 10.5 Å². The Bertz CT molecular complexity index is 397. The van der Waals surface area contributed by atoms with Crippen molar-refractivity contribution >= 4 is 5.69 Å². The minimum Gasteiger partial charge on any atom is -0.378 e. The van der Waals surface area contributed by atoms with E-state index in [9.17, 15) is 0 Å². The summed E-state index contributed by atoms with van der Waals surface area (Å²) in [6.07, 6.45) is 0. The second kappa shape index (κ2) is 5.72. The molecule has 1 atom stereocenters. The molecule has 3 N–H and O–H groups in total. The summed E-state index contributed by atoms with van der Waals surface area (Å²) in [5.41, 5.74) is 4.41. The number of fused-ring (bicyclic) bond motifs is 1. The number of rotatable bonds is 4. The summed E-state index contributed by atoms with van der Waals surface area (Å²) < 4.78 is 0. The van der Waals surface area contributed by atoms with Crippen molar-refractivity contribution in [2.24, 2.45) is 0 Å². The third-order valence-electron chi connectivity index (χ3n) is 4.19. The molecule has 0 spiro atoms. The van der Waals surface area contributed by atoms with Crippen molar-refractivity contribution < 1.29 is 10.2 Å². The normalized spacial score (nSPS) is 18.8. The summed E-state index contributed by atoms with van der Waals surface area (Å²) in [6.45, 7) is 9.37. The van der Waals surface area contributed by atoms with Crippen LogP contribution in [0.3, 0.4) is 0 Å². The Morgan fingerprint density at radius 2 is 2.00 bits per heavy atom. The molecular weight excluding hydrogens is 222 g/mol. The topological polar surface area (TPSA) is 24.3 Å². The summed E-state index contributed by atoms with van der Waals surface area (Å²) >= 11 is 0. The van der Waals surface area contributed by atoms with E-state index in [1.165, 1.54) is 30.9 Å². The number of benzene rings is 1. The number of quaternary nitrogens is 2. The van der Waals surface area contributed by atoms with Crippen LogP contribution in [0.2, 0.25) is 0 Å². The highest BCUT2D eigenvalue weighted by atomic mass is 15.2. The quantitative estimate of drug-likeness (QED) is 0.758. The number of nitrogens with two attached hydrogens (primary N) is 1.